The molecule has 0 spiro atoms. The Morgan fingerprint density at radius 3 is 3.00 bits per heavy atom. The highest BCUT2D eigenvalue weighted by Gasteiger charge is 2.10. The van der Waals surface area contributed by atoms with E-state index in [1.54, 1.807) is 6.07 Å². The molecule has 1 aromatic carbocycles. The lowest BCUT2D eigenvalue weighted by Gasteiger charge is -1.95. The van der Waals surface area contributed by atoms with Crippen molar-refractivity contribution >= 4 is 37.5 Å². The standard InChI is InChI=1S/C8H6BrFN2S/c9-5-2-1-4-6(3-11)12-13-8(4)7(5)10/h1-2H,3,11H2. The Kier molecular flexibility index (Phi) is 2.31. The maximum atomic E-state index is 13.4. The third kappa shape index (κ3) is 1.37. The van der Waals surface area contributed by atoms with Crippen LogP contribution < -0.4 is 5.73 Å². The molecule has 1 aromatic heterocycles. The fraction of sp³-hybridized carbons (Fsp3) is 0.125. The van der Waals surface area contributed by atoms with Gasteiger partial charge in [-0.15, -0.1) is 0 Å². The molecule has 0 aliphatic heterocycles. The largest absolute Gasteiger partial charge is 0.325 e. The molecule has 0 saturated carbocycles. The van der Waals surface area contributed by atoms with Crippen LogP contribution in [0, 0.1) is 5.82 Å². The molecule has 2 nitrogen and oxygen atoms in total. The van der Waals surface area contributed by atoms with Crippen LogP contribution >= 0.6 is 27.5 Å². The molecule has 2 N–H and O–H groups in total. The number of fused-ring (bicyclic) bond motifs is 1. The quantitative estimate of drug-likeness (QED) is 0.857. The van der Waals surface area contributed by atoms with E-state index >= 15 is 0 Å². The SMILES string of the molecule is NCc1nsc2c(F)c(Br)ccc12. The molecule has 0 radical (unpaired) electrons. The van der Waals surface area contributed by atoms with E-state index in [0.717, 1.165) is 22.6 Å². The van der Waals surface area contributed by atoms with Gasteiger partial charge in [-0.3, -0.25) is 0 Å². The number of benzene rings is 1. The van der Waals surface area contributed by atoms with Gasteiger partial charge < -0.3 is 5.73 Å². The zero-order chi connectivity index (χ0) is 9.42. The Hall–Kier alpha value is -0.520. The number of halogens is 2. The normalized spacial score (nSPS) is 11.0. The second-order valence-electron chi connectivity index (χ2n) is 2.57. The number of hydrogen-bond acceptors (Lipinski definition) is 3. The van der Waals surface area contributed by atoms with Crippen molar-refractivity contribution in [2.24, 2.45) is 5.73 Å². The van der Waals surface area contributed by atoms with Gasteiger partial charge in [-0.25, -0.2) is 4.39 Å². The van der Waals surface area contributed by atoms with Gasteiger partial charge in [0.25, 0.3) is 0 Å². The van der Waals surface area contributed by atoms with Crippen molar-refractivity contribution < 1.29 is 4.39 Å². The summed E-state index contributed by atoms with van der Waals surface area (Å²) in [6.07, 6.45) is 0. The van der Waals surface area contributed by atoms with E-state index in [9.17, 15) is 4.39 Å². The van der Waals surface area contributed by atoms with E-state index in [1.165, 1.54) is 0 Å². The molecule has 13 heavy (non-hydrogen) atoms. The van der Waals surface area contributed by atoms with E-state index < -0.39 is 0 Å². The van der Waals surface area contributed by atoms with E-state index in [2.05, 4.69) is 20.3 Å². The van der Waals surface area contributed by atoms with Crippen LogP contribution in [-0.2, 0) is 6.54 Å². The molecule has 0 atom stereocenters. The maximum Gasteiger partial charge on any atom is 0.156 e. The molecular weight excluding hydrogens is 255 g/mol. The van der Waals surface area contributed by atoms with Crippen molar-refractivity contribution in [3.05, 3.63) is 28.1 Å². The van der Waals surface area contributed by atoms with E-state index in [1.807, 2.05) is 6.07 Å². The van der Waals surface area contributed by atoms with Crippen molar-refractivity contribution in [2.45, 2.75) is 6.54 Å². The highest BCUT2D eigenvalue weighted by molar-refractivity contribution is 9.10. The van der Waals surface area contributed by atoms with Crippen LogP contribution in [0.3, 0.4) is 0 Å². The summed E-state index contributed by atoms with van der Waals surface area (Å²) >= 11 is 4.26. The van der Waals surface area contributed by atoms with Gasteiger partial charge in [0.05, 0.1) is 14.9 Å². The molecule has 1 heterocycles. The predicted molar refractivity (Wildman–Crippen MR) is 55.2 cm³/mol. The Morgan fingerprint density at radius 2 is 2.31 bits per heavy atom. The van der Waals surface area contributed by atoms with Crippen LogP contribution in [0.2, 0.25) is 0 Å². The first-order valence-electron chi connectivity index (χ1n) is 3.66. The number of rotatable bonds is 1. The summed E-state index contributed by atoms with van der Waals surface area (Å²) in [4.78, 5) is 0. The lowest BCUT2D eigenvalue weighted by molar-refractivity contribution is 0.635. The van der Waals surface area contributed by atoms with Gasteiger partial charge in [-0.05, 0) is 33.5 Å². The Bertz CT molecular complexity index is 455. The van der Waals surface area contributed by atoms with Gasteiger partial charge in [0.1, 0.15) is 0 Å². The maximum absolute atomic E-state index is 13.4. The van der Waals surface area contributed by atoms with Gasteiger partial charge in [-0.1, -0.05) is 6.07 Å². The highest BCUT2D eigenvalue weighted by Crippen LogP contribution is 2.29. The van der Waals surface area contributed by atoms with Gasteiger partial charge in [0.15, 0.2) is 5.82 Å². The summed E-state index contributed by atoms with van der Waals surface area (Å²) < 4.78 is 18.5. The summed E-state index contributed by atoms with van der Waals surface area (Å²) in [5.41, 5.74) is 6.21. The molecule has 0 aliphatic carbocycles. The lowest BCUT2D eigenvalue weighted by Crippen LogP contribution is -1.96. The lowest BCUT2D eigenvalue weighted by atomic mass is 10.2. The molecule has 68 valence electrons. The molecule has 5 heteroatoms. The van der Waals surface area contributed by atoms with Crippen molar-refractivity contribution in [3.8, 4) is 0 Å². The van der Waals surface area contributed by atoms with Crippen LogP contribution in [0.4, 0.5) is 4.39 Å². The fourth-order valence-electron chi connectivity index (χ4n) is 1.15. The van der Waals surface area contributed by atoms with Crippen LogP contribution in [-0.4, -0.2) is 4.37 Å². The summed E-state index contributed by atoms with van der Waals surface area (Å²) in [6, 6.07) is 3.50. The summed E-state index contributed by atoms with van der Waals surface area (Å²) in [7, 11) is 0. The van der Waals surface area contributed by atoms with Crippen molar-refractivity contribution in [1.82, 2.24) is 4.37 Å². The summed E-state index contributed by atoms with van der Waals surface area (Å²) in [5, 5.41) is 0.813. The molecule has 0 amide bonds. The minimum Gasteiger partial charge on any atom is -0.325 e. The van der Waals surface area contributed by atoms with Gasteiger partial charge in [-0.2, -0.15) is 4.37 Å². The Morgan fingerprint density at radius 1 is 1.54 bits per heavy atom. The Labute approximate surface area is 86.9 Å². The smallest absolute Gasteiger partial charge is 0.156 e. The van der Waals surface area contributed by atoms with Crippen molar-refractivity contribution in [1.29, 1.82) is 0 Å². The first-order valence-corrected chi connectivity index (χ1v) is 5.23. The topological polar surface area (TPSA) is 38.9 Å². The monoisotopic (exact) mass is 260 g/mol. The van der Waals surface area contributed by atoms with Crippen molar-refractivity contribution in [2.75, 3.05) is 0 Å². The molecular formula is C8H6BrFN2S. The van der Waals surface area contributed by atoms with Gasteiger partial charge in [0.2, 0.25) is 0 Å². The van der Waals surface area contributed by atoms with Gasteiger partial charge in [0, 0.05) is 11.9 Å². The van der Waals surface area contributed by atoms with E-state index in [0.29, 0.717) is 15.7 Å². The first-order chi connectivity index (χ1) is 6.24. The molecule has 2 rings (SSSR count). The average Bonchev–Trinajstić information content (AvgIpc) is 2.55. The Balaban J connectivity index is 2.81. The van der Waals surface area contributed by atoms with Crippen LogP contribution in [0.5, 0.6) is 0 Å². The number of aromatic nitrogens is 1. The molecule has 0 aliphatic rings. The number of nitrogens with two attached hydrogens (primary N) is 1. The third-order valence-corrected chi connectivity index (χ3v) is 3.31. The zero-order valence-corrected chi connectivity index (χ0v) is 8.95. The van der Waals surface area contributed by atoms with Crippen LogP contribution in [0.15, 0.2) is 16.6 Å². The van der Waals surface area contributed by atoms with E-state index in [-0.39, 0.29) is 5.82 Å². The summed E-state index contributed by atoms with van der Waals surface area (Å²) in [5.74, 6) is -0.255. The fourth-order valence-corrected chi connectivity index (χ4v) is 2.46. The second-order valence-corrected chi connectivity index (χ2v) is 4.20. The molecule has 0 unspecified atom stereocenters. The minimum absolute atomic E-state index is 0.255. The van der Waals surface area contributed by atoms with E-state index in [4.69, 9.17) is 5.73 Å². The third-order valence-electron chi connectivity index (χ3n) is 1.80. The van der Waals surface area contributed by atoms with Crippen LogP contribution in [0.25, 0.3) is 10.1 Å². The molecule has 0 bridgehead atoms. The molecule has 2 aromatic rings. The molecule has 0 saturated heterocycles. The number of hydrogen-bond donors (Lipinski definition) is 1. The first kappa shape index (κ1) is 9.05. The van der Waals surface area contributed by atoms with Crippen molar-refractivity contribution in [3.63, 3.8) is 0 Å². The minimum atomic E-state index is -0.255. The average molecular weight is 261 g/mol. The van der Waals surface area contributed by atoms with Crippen LogP contribution in [0.1, 0.15) is 5.69 Å². The highest BCUT2D eigenvalue weighted by atomic mass is 79.9. The van der Waals surface area contributed by atoms with Gasteiger partial charge >= 0.3 is 0 Å². The molecule has 0 fully saturated rings. The zero-order valence-electron chi connectivity index (χ0n) is 6.55. The number of nitrogens with zero attached hydrogens (tertiary/aromatic N) is 1. The second kappa shape index (κ2) is 3.32. The predicted octanol–water partition coefficient (Wildman–Crippen LogP) is 2.66. The summed E-state index contributed by atoms with van der Waals surface area (Å²) in [6.45, 7) is 0.348.